The number of anilines is 1. The highest BCUT2D eigenvalue weighted by atomic mass is 16.3. The summed E-state index contributed by atoms with van der Waals surface area (Å²) in [5, 5.41) is 13.8. The zero-order valence-corrected chi connectivity index (χ0v) is 9.64. The Hall–Kier alpha value is -1.88. The zero-order chi connectivity index (χ0) is 12.7. The molecule has 0 saturated carbocycles. The van der Waals surface area contributed by atoms with Crippen LogP contribution in [0, 0.1) is 0 Å². The van der Waals surface area contributed by atoms with Gasteiger partial charge in [0.05, 0.1) is 12.6 Å². The van der Waals surface area contributed by atoms with Gasteiger partial charge in [-0.3, -0.25) is 9.59 Å². The maximum absolute atomic E-state index is 11.5. The van der Waals surface area contributed by atoms with Gasteiger partial charge in [0.15, 0.2) is 0 Å². The molecule has 92 valence electrons. The molecule has 0 saturated heterocycles. The Kier molecular flexibility index (Phi) is 5.16. The van der Waals surface area contributed by atoms with E-state index in [1.54, 1.807) is 24.3 Å². The molecule has 0 aliphatic heterocycles. The Balaban J connectivity index is 2.50. The molecule has 2 amide bonds. The first-order valence-corrected chi connectivity index (χ1v) is 5.45. The molecular formula is C12H16N2O3. The van der Waals surface area contributed by atoms with Gasteiger partial charge >= 0.3 is 11.8 Å². The van der Waals surface area contributed by atoms with E-state index in [1.807, 2.05) is 13.0 Å². The number of carbonyl (C=O) groups excluding carboxylic acids is 2. The smallest absolute Gasteiger partial charge is 0.313 e. The fourth-order valence-corrected chi connectivity index (χ4v) is 1.24. The molecule has 5 heteroatoms. The number of carbonyl (C=O) groups is 2. The number of nitrogens with one attached hydrogen (secondary N) is 2. The minimum Gasteiger partial charge on any atom is -0.394 e. The van der Waals surface area contributed by atoms with Crippen LogP contribution in [0.2, 0.25) is 0 Å². The molecule has 1 aromatic carbocycles. The number of aliphatic hydroxyl groups excluding tert-OH is 1. The third kappa shape index (κ3) is 4.24. The third-order valence-electron chi connectivity index (χ3n) is 2.29. The van der Waals surface area contributed by atoms with Crippen LogP contribution in [0.25, 0.3) is 0 Å². The van der Waals surface area contributed by atoms with Crippen molar-refractivity contribution in [1.82, 2.24) is 5.32 Å². The minimum atomic E-state index is -0.741. The number of rotatable bonds is 4. The van der Waals surface area contributed by atoms with Crippen LogP contribution in [-0.2, 0) is 9.59 Å². The van der Waals surface area contributed by atoms with Crippen LogP contribution in [0.4, 0.5) is 5.69 Å². The molecule has 0 bridgehead atoms. The summed E-state index contributed by atoms with van der Waals surface area (Å²) in [5.74, 6) is -1.47. The van der Waals surface area contributed by atoms with Gasteiger partial charge in [-0.15, -0.1) is 0 Å². The van der Waals surface area contributed by atoms with Crippen LogP contribution >= 0.6 is 0 Å². The predicted octanol–water partition coefficient (Wildman–Crippen LogP) is 0.512. The third-order valence-corrected chi connectivity index (χ3v) is 2.29. The van der Waals surface area contributed by atoms with Gasteiger partial charge in [0.1, 0.15) is 0 Å². The summed E-state index contributed by atoms with van der Waals surface area (Å²) in [6, 6.07) is 8.33. The highest BCUT2D eigenvalue weighted by molar-refractivity contribution is 6.39. The van der Waals surface area contributed by atoms with Crippen molar-refractivity contribution >= 4 is 17.5 Å². The van der Waals surface area contributed by atoms with Gasteiger partial charge in [-0.25, -0.2) is 0 Å². The summed E-state index contributed by atoms with van der Waals surface area (Å²) in [6.45, 7) is 1.64. The predicted molar refractivity (Wildman–Crippen MR) is 64.4 cm³/mol. The van der Waals surface area contributed by atoms with E-state index in [-0.39, 0.29) is 12.6 Å². The van der Waals surface area contributed by atoms with Gasteiger partial charge in [0.25, 0.3) is 0 Å². The molecule has 0 radical (unpaired) electrons. The lowest BCUT2D eigenvalue weighted by Gasteiger charge is -2.13. The van der Waals surface area contributed by atoms with Crippen LogP contribution in [-0.4, -0.2) is 29.6 Å². The fourth-order valence-electron chi connectivity index (χ4n) is 1.24. The summed E-state index contributed by atoms with van der Waals surface area (Å²) in [5.41, 5.74) is 0.560. The van der Waals surface area contributed by atoms with E-state index >= 15 is 0 Å². The van der Waals surface area contributed by atoms with Crippen LogP contribution in [0.1, 0.15) is 13.3 Å². The van der Waals surface area contributed by atoms with Crippen molar-refractivity contribution < 1.29 is 14.7 Å². The summed E-state index contributed by atoms with van der Waals surface area (Å²) in [6.07, 6.45) is 0.570. The van der Waals surface area contributed by atoms with Crippen molar-refractivity contribution in [1.29, 1.82) is 0 Å². The first-order chi connectivity index (χ1) is 8.17. The zero-order valence-electron chi connectivity index (χ0n) is 9.64. The van der Waals surface area contributed by atoms with Gasteiger partial charge in [-0.1, -0.05) is 25.1 Å². The molecule has 0 spiro atoms. The van der Waals surface area contributed by atoms with Gasteiger partial charge in [-0.05, 0) is 18.6 Å². The van der Waals surface area contributed by atoms with Crippen LogP contribution in [0.3, 0.4) is 0 Å². The molecule has 17 heavy (non-hydrogen) atoms. The van der Waals surface area contributed by atoms with E-state index in [4.69, 9.17) is 5.11 Å². The van der Waals surface area contributed by atoms with Crippen molar-refractivity contribution in [3.63, 3.8) is 0 Å². The van der Waals surface area contributed by atoms with E-state index in [9.17, 15) is 9.59 Å². The average Bonchev–Trinajstić information content (AvgIpc) is 2.36. The quantitative estimate of drug-likeness (QED) is 0.667. The van der Waals surface area contributed by atoms with Crippen molar-refractivity contribution in [2.45, 2.75) is 19.4 Å². The summed E-state index contributed by atoms with van der Waals surface area (Å²) in [7, 11) is 0. The second kappa shape index (κ2) is 6.65. The highest BCUT2D eigenvalue weighted by Crippen LogP contribution is 2.04. The first-order valence-electron chi connectivity index (χ1n) is 5.45. The lowest BCUT2D eigenvalue weighted by Crippen LogP contribution is -2.43. The lowest BCUT2D eigenvalue weighted by atomic mass is 10.2. The molecular weight excluding hydrogens is 220 g/mol. The summed E-state index contributed by atoms with van der Waals surface area (Å²) in [4.78, 5) is 22.9. The van der Waals surface area contributed by atoms with Gasteiger partial charge in [0, 0.05) is 5.69 Å². The van der Waals surface area contributed by atoms with E-state index < -0.39 is 11.8 Å². The normalized spacial score (nSPS) is 11.6. The Labute approximate surface area is 99.8 Å². The Morgan fingerprint density at radius 3 is 2.41 bits per heavy atom. The second-order valence-electron chi connectivity index (χ2n) is 3.58. The monoisotopic (exact) mass is 236 g/mol. The molecule has 0 aliphatic carbocycles. The minimum absolute atomic E-state index is 0.180. The van der Waals surface area contributed by atoms with E-state index in [2.05, 4.69) is 10.6 Å². The van der Waals surface area contributed by atoms with Gasteiger partial charge in [0.2, 0.25) is 0 Å². The Morgan fingerprint density at radius 1 is 1.24 bits per heavy atom. The van der Waals surface area contributed by atoms with Gasteiger partial charge in [-0.2, -0.15) is 0 Å². The summed E-state index contributed by atoms with van der Waals surface area (Å²) >= 11 is 0. The SMILES string of the molecule is CC[C@H](CO)NC(=O)C(=O)Nc1ccccc1. The number of para-hydroxylation sites is 1. The van der Waals surface area contributed by atoms with Gasteiger partial charge < -0.3 is 15.7 Å². The maximum atomic E-state index is 11.5. The van der Waals surface area contributed by atoms with Crippen molar-refractivity contribution in [2.24, 2.45) is 0 Å². The Morgan fingerprint density at radius 2 is 1.88 bits per heavy atom. The molecule has 0 aliphatic rings. The van der Waals surface area contributed by atoms with E-state index in [0.29, 0.717) is 12.1 Å². The summed E-state index contributed by atoms with van der Waals surface area (Å²) < 4.78 is 0. The van der Waals surface area contributed by atoms with E-state index in [0.717, 1.165) is 0 Å². The molecule has 1 aromatic rings. The fraction of sp³-hybridized carbons (Fsp3) is 0.333. The lowest BCUT2D eigenvalue weighted by molar-refractivity contribution is -0.136. The van der Waals surface area contributed by atoms with Crippen molar-refractivity contribution in [3.8, 4) is 0 Å². The molecule has 3 N–H and O–H groups in total. The van der Waals surface area contributed by atoms with Crippen molar-refractivity contribution in [2.75, 3.05) is 11.9 Å². The topological polar surface area (TPSA) is 78.4 Å². The average molecular weight is 236 g/mol. The number of hydrogen-bond donors (Lipinski definition) is 3. The first kappa shape index (κ1) is 13.2. The standard InChI is InChI=1S/C12H16N2O3/c1-2-9(8-15)13-11(16)12(17)14-10-6-4-3-5-7-10/h3-7,9,15H,2,8H2,1H3,(H,13,16)(H,14,17)/t9-/m1/s1. The van der Waals surface area contributed by atoms with Crippen molar-refractivity contribution in [3.05, 3.63) is 30.3 Å². The highest BCUT2D eigenvalue weighted by Gasteiger charge is 2.16. The molecule has 5 nitrogen and oxygen atoms in total. The molecule has 1 atom stereocenters. The molecule has 0 heterocycles. The van der Waals surface area contributed by atoms with Crippen LogP contribution < -0.4 is 10.6 Å². The molecule has 0 aromatic heterocycles. The molecule has 0 unspecified atom stereocenters. The Bertz CT molecular complexity index is 375. The molecule has 0 fully saturated rings. The number of aliphatic hydroxyl groups is 1. The van der Waals surface area contributed by atoms with Crippen LogP contribution in [0.15, 0.2) is 30.3 Å². The number of benzene rings is 1. The number of amides is 2. The largest absolute Gasteiger partial charge is 0.394 e. The second-order valence-corrected chi connectivity index (χ2v) is 3.58. The number of hydrogen-bond acceptors (Lipinski definition) is 3. The van der Waals surface area contributed by atoms with E-state index in [1.165, 1.54) is 0 Å². The van der Waals surface area contributed by atoms with Crippen LogP contribution in [0.5, 0.6) is 0 Å². The molecule has 1 rings (SSSR count). The maximum Gasteiger partial charge on any atom is 0.313 e.